The lowest BCUT2D eigenvalue weighted by atomic mass is 9.79. The highest BCUT2D eigenvalue weighted by Crippen LogP contribution is 2.44. The molecule has 5 rings (SSSR count). The van der Waals surface area contributed by atoms with Crippen LogP contribution in [0.25, 0.3) is 10.9 Å². The fourth-order valence-electron chi connectivity index (χ4n) is 4.81. The number of carbonyl (C=O) groups is 2. The van der Waals surface area contributed by atoms with E-state index in [0.717, 1.165) is 41.5 Å². The Morgan fingerprint density at radius 2 is 1.97 bits per heavy atom. The molecular weight excluding hydrogens is 378 g/mol. The van der Waals surface area contributed by atoms with Crippen LogP contribution in [-0.4, -0.2) is 48.0 Å². The molecule has 3 atom stereocenters. The number of likely N-dealkylation sites (N-methyl/N-ethyl adjacent to an activating group) is 1. The van der Waals surface area contributed by atoms with Gasteiger partial charge in [0.25, 0.3) is 5.91 Å². The van der Waals surface area contributed by atoms with Gasteiger partial charge in [-0.05, 0) is 30.5 Å². The van der Waals surface area contributed by atoms with Crippen LogP contribution in [0.15, 0.2) is 54.7 Å². The zero-order chi connectivity index (χ0) is 20.7. The third-order valence-electron chi connectivity index (χ3n) is 6.33. The molecule has 6 nitrogen and oxygen atoms in total. The van der Waals surface area contributed by atoms with Gasteiger partial charge in [0.15, 0.2) is 0 Å². The average Bonchev–Trinajstić information content (AvgIpc) is 3.44. The first-order valence-electron chi connectivity index (χ1n) is 10.5. The highest BCUT2D eigenvalue weighted by atomic mass is 16.5. The monoisotopic (exact) mass is 403 g/mol. The van der Waals surface area contributed by atoms with Gasteiger partial charge in [-0.25, -0.2) is 0 Å². The number of H-pyrrole nitrogens is 1. The molecule has 2 amide bonds. The van der Waals surface area contributed by atoms with Crippen molar-refractivity contribution in [1.82, 2.24) is 15.2 Å². The molecule has 0 radical (unpaired) electrons. The van der Waals surface area contributed by atoms with E-state index < -0.39 is 12.0 Å². The summed E-state index contributed by atoms with van der Waals surface area (Å²) in [5.41, 5.74) is 3.31. The number of rotatable bonds is 4. The van der Waals surface area contributed by atoms with Gasteiger partial charge >= 0.3 is 0 Å². The Labute approximate surface area is 175 Å². The van der Waals surface area contributed by atoms with Crippen LogP contribution in [0, 0.1) is 0 Å². The van der Waals surface area contributed by atoms with Gasteiger partial charge in [0, 0.05) is 48.4 Å². The normalized spacial score (nSPS) is 23.6. The molecule has 6 heteroatoms. The predicted octanol–water partition coefficient (Wildman–Crippen LogP) is 3.37. The van der Waals surface area contributed by atoms with Crippen molar-refractivity contribution >= 4 is 22.7 Å². The Balaban J connectivity index is 1.57. The lowest BCUT2D eigenvalue weighted by molar-refractivity contribution is -0.124. The van der Waals surface area contributed by atoms with E-state index in [1.54, 1.807) is 18.0 Å². The highest BCUT2D eigenvalue weighted by Gasteiger charge is 2.43. The van der Waals surface area contributed by atoms with Crippen molar-refractivity contribution in [2.75, 3.05) is 20.2 Å². The Morgan fingerprint density at radius 3 is 2.80 bits per heavy atom. The first kappa shape index (κ1) is 18.9. The van der Waals surface area contributed by atoms with Crippen LogP contribution in [-0.2, 0) is 9.53 Å². The van der Waals surface area contributed by atoms with Gasteiger partial charge < -0.3 is 19.9 Å². The number of aromatic amines is 1. The zero-order valence-electron chi connectivity index (χ0n) is 16.9. The van der Waals surface area contributed by atoms with Crippen LogP contribution < -0.4 is 5.32 Å². The van der Waals surface area contributed by atoms with Crippen LogP contribution in [0.1, 0.15) is 46.3 Å². The lowest BCUT2D eigenvalue weighted by Crippen LogP contribution is -2.46. The van der Waals surface area contributed by atoms with E-state index in [-0.39, 0.29) is 17.9 Å². The van der Waals surface area contributed by atoms with Crippen molar-refractivity contribution in [2.45, 2.75) is 30.9 Å². The topological polar surface area (TPSA) is 74.4 Å². The second-order valence-corrected chi connectivity index (χ2v) is 8.10. The molecule has 0 spiro atoms. The van der Waals surface area contributed by atoms with Crippen molar-refractivity contribution in [3.63, 3.8) is 0 Å². The minimum absolute atomic E-state index is 0.0657. The molecule has 1 fully saturated rings. The molecule has 3 aromatic rings. The maximum Gasteiger partial charge on any atom is 0.254 e. The molecule has 30 heavy (non-hydrogen) atoms. The molecule has 0 unspecified atom stereocenters. The fourth-order valence-corrected chi connectivity index (χ4v) is 4.81. The molecule has 2 aliphatic rings. The van der Waals surface area contributed by atoms with Crippen molar-refractivity contribution in [3.8, 4) is 0 Å². The van der Waals surface area contributed by atoms with Crippen molar-refractivity contribution in [3.05, 3.63) is 71.4 Å². The lowest BCUT2D eigenvalue weighted by Gasteiger charge is -2.39. The zero-order valence-corrected chi connectivity index (χ0v) is 16.9. The number of aromatic nitrogens is 1. The van der Waals surface area contributed by atoms with Crippen molar-refractivity contribution in [2.24, 2.45) is 0 Å². The summed E-state index contributed by atoms with van der Waals surface area (Å²) in [5, 5.41) is 4.12. The summed E-state index contributed by atoms with van der Waals surface area (Å²) in [7, 11) is 1.78. The van der Waals surface area contributed by atoms with Gasteiger partial charge in [0.05, 0.1) is 18.1 Å². The van der Waals surface area contributed by atoms with Gasteiger partial charge in [0.1, 0.15) is 0 Å². The Hall–Kier alpha value is -3.12. The van der Waals surface area contributed by atoms with Crippen LogP contribution in [0.3, 0.4) is 0 Å². The second-order valence-electron chi connectivity index (χ2n) is 8.10. The number of carbonyl (C=O) groups excluding carboxylic acids is 2. The third-order valence-corrected chi connectivity index (χ3v) is 6.33. The van der Waals surface area contributed by atoms with E-state index in [9.17, 15) is 9.59 Å². The third kappa shape index (κ3) is 3.08. The van der Waals surface area contributed by atoms with Crippen molar-refractivity contribution < 1.29 is 14.3 Å². The molecule has 154 valence electrons. The molecule has 2 aliphatic heterocycles. The van der Waals surface area contributed by atoms with Gasteiger partial charge in [-0.15, -0.1) is 0 Å². The first-order valence-corrected chi connectivity index (χ1v) is 10.5. The van der Waals surface area contributed by atoms with E-state index in [2.05, 4.69) is 10.3 Å². The summed E-state index contributed by atoms with van der Waals surface area (Å²) in [6.45, 7) is 1.25. The van der Waals surface area contributed by atoms with E-state index in [1.807, 2.05) is 48.7 Å². The molecule has 1 aromatic heterocycles. The van der Waals surface area contributed by atoms with E-state index in [1.165, 1.54) is 0 Å². The number of amides is 2. The number of fused-ring (bicyclic) bond motifs is 2. The second kappa shape index (κ2) is 7.61. The van der Waals surface area contributed by atoms with E-state index >= 15 is 0 Å². The number of ether oxygens (including phenoxy) is 1. The smallest absolute Gasteiger partial charge is 0.254 e. The first-order chi connectivity index (χ1) is 14.6. The van der Waals surface area contributed by atoms with Crippen molar-refractivity contribution in [1.29, 1.82) is 0 Å². The van der Waals surface area contributed by atoms with Gasteiger partial charge in [-0.3, -0.25) is 9.59 Å². The Kier molecular flexibility index (Phi) is 4.79. The fraction of sp³-hybridized carbons (Fsp3) is 0.333. The number of nitrogens with one attached hydrogen (secondary N) is 2. The summed E-state index contributed by atoms with van der Waals surface area (Å²) in [6, 6.07) is 15.0. The minimum atomic E-state index is -0.496. The maximum absolute atomic E-state index is 13.5. The number of hydrogen-bond acceptors (Lipinski definition) is 3. The van der Waals surface area contributed by atoms with E-state index in [4.69, 9.17) is 4.74 Å². The van der Waals surface area contributed by atoms with Crippen LogP contribution in [0.2, 0.25) is 0 Å². The highest BCUT2D eigenvalue weighted by molar-refractivity contribution is 6.02. The molecule has 0 saturated carbocycles. The summed E-state index contributed by atoms with van der Waals surface area (Å²) in [6.07, 6.45) is 3.99. The number of nitrogens with zero attached hydrogens (tertiary/aromatic N) is 1. The van der Waals surface area contributed by atoms with Gasteiger partial charge in [-0.2, -0.15) is 0 Å². The summed E-state index contributed by atoms with van der Waals surface area (Å²) >= 11 is 0. The SMILES string of the molecule is CN1C(=O)c2ccccc2[C@@H](C(=O)NC[C@@H]2CCCO2)[C@@H]1c1c[nH]c2ccccc12. The molecular formula is C24H25N3O3. The molecule has 2 N–H and O–H groups in total. The van der Waals surface area contributed by atoms with Crippen LogP contribution in [0.4, 0.5) is 0 Å². The van der Waals surface area contributed by atoms with Gasteiger partial charge in [-0.1, -0.05) is 36.4 Å². The summed E-state index contributed by atoms with van der Waals surface area (Å²) in [5.74, 6) is -0.638. The molecule has 0 aliphatic carbocycles. The molecule has 3 heterocycles. The number of hydrogen-bond donors (Lipinski definition) is 2. The summed E-state index contributed by atoms with van der Waals surface area (Å²) in [4.78, 5) is 31.6. The average molecular weight is 403 g/mol. The predicted molar refractivity (Wildman–Crippen MR) is 114 cm³/mol. The number of benzene rings is 2. The largest absolute Gasteiger partial charge is 0.376 e. The number of para-hydroxylation sites is 1. The maximum atomic E-state index is 13.5. The van der Waals surface area contributed by atoms with Crippen LogP contribution in [0.5, 0.6) is 0 Å². The Bertz CT molecular complexity index is 1100. The minimum Gasteiger partial charge on any atom is -0.376 e. The summed E-state index contributed by atoms with van der Waals surface area (Å²) < 4.78 is 5.67. The standard InChI is InChI=1S/C24H25N3O3/c1-27-22(19-14-25-20-11-5-4-8-16(19)20)21(17-9-2-3-10-18(17)24(27)29)23(28)26-13-15-7-6-12-30-15/h2-5,8-11,14-15,21-22,25H,6-7,12-13H2,1H3,(H,26,28)/t15-,21+,22-/m0/s1. The Morgan fingerprint density at radius 1 is 1.17 bits per heavy atom. The molecule has 0 bridgehead atoms. The molecule has 1 saturated heterocycles. The van der Waals surface area contributed by atoms with Crippen LogP contribution >= 0.6 is 0 Å². The molecule has 2 aromatic carbocycles. The van der Waals surface area contributed by atoms with E-state index in [0.29, 0.717) is 12.1 Å². The van der Waals surface area contributed by atoms with Gasteiger partial charge in [0.2, 0.25) is 5.91 Å². The quantitative estimate of drug-likeness (QED) is 0.701.